The summed E-state index contributed by atoms with van der Waals surface area (Å²) in [5.41, 5.74) is 5.30. The molecule has 0 radical (unpaired) electrons. The van der Waals surface area contributed by atoms with Gasteiger partial charge in [-0.15, -0.1) is 0 Å². The van der Waals surface area contributed by atoms with Crippen LogP contribution in [0.5, 0.6) is 0 Å². The number of hydrogen-bond acceptors (Lipinski definition) is 8. The maximum Gasteiger partial charge on any atom is 0.161 e. The van der Waals surface area contributed by atoms with Gasteiger partial charge in [0.2, 0.25) is 0 Å². The predicted octanol–water partition coefficient (Wildman–Crippen LogP) is 4.94. The van der Waals surface area contributed by atoms with Gasteiger partial charge in [0.15, 0.2) is 11.6 Å². The summed E-state index contributed by atoms with van der Waals surface area (Å²) >= 11 is 0. The first-order valence-corrected chi connectivity index (χ1v) is 13.4. The maximum absolute atomic E-state index is 16.1. The van der Waals surface area contributed by atoms with E-state index in [2.05, 4.69) is 35.5 Å². The van der Waals surface area contributed by atoms with E-state index in [0.29, 0.717) is 63.7 Å². The fourth-order valence-electron chi connectivity index (χ4n) is 4.93. The van der Waals surface area contributed by atoms with E-state index in [1.54, 1.807) is 30.9 Å². The Hall–Kier alpha value is -4.81. The lowest BCUT2D eigenvalue weighted by Gasteiger charge is -2.12. The highest BCUT2D eigenvalue weighted by Crippen LogP contribution is 2.34. The second-order valence-electron chi connectivity index (χ2n) is 10.7. The van der Waals surface area contributed by atoms with Crippen LogP contribution in [0.2, 0.25) is 0 Å². The maximum atomic E-state index is 16.1. The number of rotatable bonds is 9. The van der Waals surface area contributed by atoms with Crippen molar-refractivity contribution in [3.8, 4) is 34.0 Å². The number of fused-ring (bicyclic) bond motifs is 2. The second kappa shape index (κ2) is 11.2. The van der Waals surface area contributed by atoms with E-state index >= 15 is 4.39 Å². The Labute approximate surface area is 240 Å². The zero-order valence-electron chi connectivity index (χ0n) is 23.7. The van der Waals surface area contributed by atoms with Crippen LogP contribution < -0.4 is 5.32 Å². The third-order valence-corrected chi connectivity index (χ3v) is 6.80. The van der Waals surface area contributed by atoms with Crippen LogP contribution in [0.25, 0.3) is 56.0 Å². The molecule has 5 aromatic heterocycles. The highest BCUT2D eigenvalue weighted by molar-refractivity contribution is 5.97. The van der Waals surface area contributed by atoms with Crippen LogP contribution in [0.1, 0.15) is 5.56 Å². The number of anilines is 1. The molecule has 1 aromatic carbocycles. The van der Waals surface area contributed by atoms with Crippen molar-refractivity contribution in [3.63, 3.8) is 0 Å². The molecule has 0 amide bonds. The number of likely N-dealkylation sites (N-methyl/N-ethyl adjacent to an activating group) is 1. The normalized spacial score (nSPS) is 11.8. The third-order valence-electron chi connectivity index (χ3n) is 6.80. The number of nitrogens with zero attached hydrogens (tertiary/aromatic N) is 7. The second-order valence-corrected chi connectivity index (χ2v) is 10.7. The molecule has 214 valence electrons. The monoisotopic (exact) mass is 568 g/mol. The highest BCUT2D eigenvalue weighted by Gasteiger charge is 2.22. The summed E-state index contributed by atoms with van der Waals surface area (Å²) in [6.07, 6.45) is 6.53. The topological polar surface area (TPSA) is 115 Å². The van der Waals surface area contributed by atoms with E-state index in [9.17, 15) is 4.39 Å². The minimum absolute atomic E-state index is 0.172. The largest absolute Gasteiger partial charge is 0.384 e. The molecule has 3 N–H and O–H groups in total. The van der Waals surface area contributed by atoms with E-state index in [1.807, 2.05) is 50.1 Å². The number of benzene rings is 1. The van der Waals surface area contributed by atoms with E-state index < -0.39 is 5.82 Å². The summed E-state index contributed by atoms with van der Waals surface area (Å²) in [7, 11) is 7.87. The molecular weight excluding hydrogens is 538 g/mol. The van der Waals surface area contributed by atoms with Gasteiger partial charge in [-0.1, -0.05) is 0 Å². The number of halogens is 2. The van der Waals surface area contributed by atoms with E-state index in [4.69, 9.17) is 4.98 Å². The van der Waals surface area contributed by atoms with Crippen molar-refractivity contribution in [2.75, 3.05) is 46.6 Å². The molecule has 12 heteroatoms. The van der Waals surface area contributed by atoms with Crippen LogP contribution in [0.15, 0.2) is 55.1 Å². The van der Waals surface area contributed by atoms with Gasteiger partial charge in [-0.25, -0.2) is 13.8 Å². The Bertz CT molecular complexity index is 1890. The minimum Gasteiger partial charge on any atom is -0.384 e. The third kappa shape index (κ3) is 5.41. The number of H-pyrrole nitrogens is 2. The molecule has 0 aliphatic heterocycles. The lowest BCUT2D eigenvalue weighted by molar-refractivity contribution is 0.402. The summed E-state index contributed by atoms with van der Waals surface area (Å²) in [6.45, 7) is 2.12. The summed E-state index contributed by atoms with van der Waals surface area (Å²) in [6, 6.07) is 8.37. The summed E-state index contributed by atoms with van der Waals surface area (Å²) in [4.78, 5) is 25.2. The average molecular weight is 569 g/mol. The van der Waals surface area contributed by atoms with Crippen molar-refractivity contribution in [1.29, 1.82) is 0 Å². The first-order valence-electron chi connectivity index (χ1n) is 13.4. The zero-order chi connectivity index (χ0) is 29.4. The molecule has 10 nitrogen and oxygen atoms in total. The van der Waals surface area contributed by atoms with Crippen LogP contribution in [-0.4, -0.2) is 86.2 Å². The Balaban J connectivity index is 1.41. The number of pyridine rings is 3. The SMILES string of the molecule is CN(C)CCNc1cc(F)cc(-c2nccc3[nH]c(-c4n[nH]c5cnc(-c6cncc(CN(C)C)c6)c(F)c45)nc23)c1. The van der Waals surface area contributed by atoms with Gasteiger partial charge in [-0.05, 0) is 64.1 Å². The van der Waals surface area contributed by atoms with Crippen LogP contribution >= 0.6 is 0 Å². The van der Waals surface area contributed by atoms with Gasteiger partial charge >= 0.3 is 0 Å². The molecule has 0 aliphatic carbocycles. The number of imidazole rings is 1. The average Bonchev–Trinajstić information content (AvgIpc) is 3.57. The number of hydrogen-bond donors (Lipinski definition) is 3. The van der Waals surface area contributed by atoms with Gasteiger partial charge < -0.3 is 20.1 Å². The molecule has 0 aliphatic rings. The smallest absolute Gasteiger partial charge is 0.161 e. The molecule has 0 spiro atoms. The zero-order valence-corrected chi connectivity index (χ0v) is 23.7. The van der Waals surface area contributed by atoms with E-state index in [-0.39, 0.29) is 16.9 Å². The van der Waals surface area contributed by atoms with E-state index in [0.717, 1.165) is 12.1 Å². The molecular formula is C30H30F2N10. The van der Waals surface area contributed by atoms with Gasteiger partial charge in [0.25, 0.3) is 0 Å². The van der Waals surface area contributed by atoms with Crippen LogP contribution in [0, 0.1) is 11.6 Å². The Morgan fingerprint density at radius 2 is 1.71 bits per heavy atom. The number of aromatic nitrogens is 7. The molecule has 6 rings (SSSR count). The molecule has 42 heavy (non-hydrogen) atoms. The predicted molar refractivity (Wildman–Crippen MR) is 160 cm³/mol. The molecule has 0 atom stereocenters. The Kier molecular flexibility index (Phi) is 7.31. The van der Waals surface area contributed by atoms with Gasteiger partial charge in [-0.2, -0.15) is 5.10 Å². The van der Waals surface area contributed by atoms with Crippen molar-refractivity contribution in [1.82, 2.24) is 44.9 Å². The summed E-state index contributed by atoms with van der Waals surface area (Å²) in [5.74, 6) is -0.571. The van der Waals surface area contributed by atoms with Crippen LogP contribution in [0.3, 0.4) is 0 Å². The van der Waals surface area contributed by atoms with Crippen molar-refractivity contribution in [2.45, 2.75) is 6.54 Å². The number of aromatic amines is 2. The molecule has 0 unspecified atom stereocenters. The summed E-state index contributed by atoms with van der Waals surface area (Å²) < 4.78 is 30.7. The Morgan fingerprint density at radius 3 is 2.52 bits per heavy atom. The molecule has 0 bridgehead atoms. The summed E-state index contributed by atoms with van der Waals surface area (Å²) in [5, 5.41) is 10.7. The standard InChI is InChI=1S/C30H30F2N10/c1-41(2)8-7-34-21-11-18(10-20(31)12-21)27-28-22(5-6-35-27)37-30(38-28)29-24-23(39-40-29)15-36-26(25(24)32)19-9-17(13-33-14-19)16-42(3)4/h5-6,9-15,34H,7-8,16H2,1-4H3,(H,37,38)(H,39,40). The van der Waals surface area contributed by atoms with E-state index in [1.165, 1.54) is 12.1 Å². The van der Waals surface area contributed by atoms with Crippen LogP contribution in [-0.2, 0) is 6.54 Å². The molecule has 0 saturated carbocycles. The first-order chi connectivity index (χ1) is 20.3. The lowest BCUT2D eigenvalue weighted by Crippen LogP contribution is -2.20. The fourth-order valence-corrected chi connectivity index (χ4v) is 4.93. The van der Waals surface area contributed by atoms with Crippen LogP contribution in [0.4, 0.5) is 14.5 Å². The van der Waals surface area contributed by atoms with Gasteiger partial charge in [-0.3, -0.25) is 20.1 Å². The van der Waals surface area contributed by atoms with Gasteiger partial charge in [0.1, 0.15) is 22.7 Å². The first kappa shape index (κ1) is 27.4. The molecule has 0 saturated heterocycles. The minimum atomic E-state index is -0.530. The quantitative estimate of drug-likeness (QED) is 0.225. The molecule has 5 heterocycles. The molecule has 0 fully saturated rings. The van der Waals surface area contributed by atoms with Crippen molar-refractivity contribution < 1.29 is 8.78 Å². The highest BCUT2D eigenvalue weighted by atomic mass is 19.1. The lowest BCUT2D eigenvalue weighted by atomic mass is 10.1. The van der Waals surface area contributed by atoms with Crippen molar-refractivity contribution in [2.24, 2.45) is 0 Å². The van der Waals surface area contributed by atoms with Crippen molar-refractivity contribution in [3.05, 3.63) is 72.3 Å². The number of nitrogens with one attached hydrogen (secondary N) is 3. The van der Waals surface area contributed by atoms with Crippen molar-refractivity contribution >= 4 is 27.6 Å². The Morgan fingerprint density at radius 1 is 0.857 bits per heavy atom. The molecule has 6 aromatic rings. The van der Waals surface area contributed by atoms with Gasteiger partial charge in [0.05, 0.1) is 28.3 Å². The fraction of sp³-hybridized carbons (Fsp3) is 0.233. The van der Waals surface area contributed by atoms with Gasteiger partial charge in [0, 0.05) is 55.0 Å².